The Bertz CT molecular complexity index is 1210. The highest BCUT2D eigenvalue weighted by Crippen LogP contribution is 2.36. The SMILES string of the molecule is CC(=O)Nc1cc(Oc2cccc(/C=C/C(=O)Nc3ccc(Cl)c(C(F)(F)F)c3)c2)ccn1. The molecule has 0 aliphatic carbocycles. The molecular formula is C23H17ClF3N3O3. The molecule has 6 nitrogen and oxygen atoms in total. The minimum Gasteiger partial charge on any atom is -0.457 e. The summed E-state index contributed by atoms with van der Waals surface area (Å²) in [7, 11) is 0. The van der Waals surface area contributed by atoms with Gasteiger partial charge in [-0.3, -0.25) is 9.59 Å². The van der Waals surface area contributed by atoms with E-state index in [2.05, 4.69) is 15.6 Å². The Morgan fingerprint density at radius 2 is 1.79 bits per heavy atom. The smallest absolute Gasteiger partial charge is 0.417 e. The summed E-state index contributed by atoms with van der Waals surface area (Å²) in [6.45, 7) is 1.36. The van der Waals surface area contributed by atoms with Crippen LogP contribution in [0, 0.1) is 0 Å². The number of alkyl halides is 3. The lowest BCUT2D eigenvalue weighted by Gasteiger charge is -2.11. The molecule has 2 N–H and O–H groups in total. The van der Waals surface area contributed by atoms with Crippen LogP contribution in [0.15, 0.2) is 66.9 Å². The van der Waals surface area contributed by atoms with E-state index >= 15 is 0 Å². The molecular weight excluding hydrogens is 459 g/mol. The predicted molar refractivity (Wildman–Crippen MR) is 119 cm³/mol. The lowest BCUT2D eigenvalue weighted by Crippen LogP contribution is -2.11. The van der Waals surface area contributed by atoms with Crippen molar-refractivity contribution in [1.29, 1.82) is 0 Å². The standard InChI is InChI=1S/C23H17ClF3N3O3/c1-14(31)29-21-13-18(9-10-28-21)33-17-4-2-3-15(11-17)5-8-22(32)30-16-6-7-20(24)19(12-16)23(25,26)27/h2-13H,1H3,(H,30,32)(H,28,29,31)/b8-5+. The molecule has 0 bridgehead atoms. The van der Waals surface area contributed by atoms with Crippen LogP contribution >= 0.6 is 11.6 Å². The monoisotopic (exact) mass is 475 g/mol. The fraction of sp³-hybridized carbons (Fsp3) is 0.0870. The molecule has 3 rings (SSSR count). The Labute approximate surface area is 192 Å². The lowest BCUT2D eigenvalue weighted by molar-refractivity contribution is -0.137. The molecule has 0 spiro atoms. The Morgan fingerprint density at radius 3 is 2.52 bits per heavy atom. The zero-order chi connectivity index (χ0) is 24.0. The normalized spacial score (nSPS) is 11.3. The quantitative estimate of drug-likeness (QED) is 0.419. The van der Waals surface area contributed by atoms with Crippen LogP contribution in [0.2, 0.25) is 5.02 Å². The third-order valence-electron chi connectivity index (χ3n) is 4.10. The number of halogens is 4. The predicted octanol–water partition coefficient (Wildman–Crippen LogP) is 6.16. The van der Waals surface area contributed by atoms with E-state index in [4.69, 9.17) is 16.3 Å². The highest BCUT2D eigenvalue weighted by atomic mass is 35.5. The second-order valence-electron chi connectivity index (χ2n) is 6.75. The molecule has 0 saturated heterocycles. The first-order valence-corrected chi connectivity index (χ1v) is 9.85. The topological polar surface area (TPSA) is 80.3 Å². The number of amides is 2. The van der Waals surface area contributed by atoms with Crippen LogP contribution in [-0.2, 0) is 15.8 Å². The molecule has 0 atom stereocenters. The van der Waals surface area contributed by atoms with Crippen LogP contribution in [0.25, 0.3) is 6.08 Å². The molecule has 0 fully saturated rings. The molecule has 3 aromatic rings. The molecule has 2 aromatic carbocycles. The highest BCUT2D eigenvalue weighted by Gasteiger charge is 2.33. The number of nitrogens with zero attached hydrogens (tertiary/aromatic N) is 1. The maximum Gasteiger partial charge on any atom is 0.417 e. The molecule has 33 heavy (non-hydrogen) atoms. The maximum absolute atomic E-state index is 13.0. The molecule has 170 valence electrons. The summed E-state index contributed by atoms with van der Waals surface area (Å²) < 4.78 is 44.6. The van der Waals surface area contributed by atoms with E-state index in [1.165, 1.54) is 31.3 Å². The van der Waals surface area contributed by atoms with E-state index in [1.54, 1.807) is 36.4 Å². The number of rotatable bonds is 6. The number of carbonyl (C=O) groups excluding carboxylic acids is 2. The van der Waals surface area contributed by atoms with Gasteiger partial charge in [0.25, 0.3) is 0 Å². The number of carbonyl (C=O) groups is 2. The van der Waals surface area contributed by atoms with Crippen LogP contribution in [0.1, 0.15) is 18.1 Å². The summed E-state index contributed by atoms with van der Waals surface area (Å²) in [6, 6.07) is 13.1. The number of hydrogen-bond acceptors (Lipinski definition) is 4. The molecule has 1 heterocycles. The fourth-order valence-corrected chi connectivity index (χ4v) is 2.94. The number of nitrogens with one attached hydrogen (secondary N) is 2. The molecule has 0 radical (unpaired) electrons. The van der Waals surface area contributed by atoms with Crippen molar-refractivity contribution in [2.45, 2.75) is 13.1 Å². The van der Waals surface area contributed by atoms with E-state index < -0.39 is 22.7 Å². The van der Waals surface area contributed by atoms with Gasteiger partial charge in [-0.25, -0.2) is 4.98 Å². The van der Waals surface area contributed by atoms with Gasteiger partial charge in [0.2, 0.25) is 11.8 Å². The van der Waals surface area contributed by atoms with E-state index in [1.807, 2.05) is 0 Å². The molecule has 10 heteroatoms. The van der Waals surface area contributed by atoms with Crippen molar-refractivity contribution in [3.63, 3.8) is 0 Å². The van der Waals surface area contributed by atoms with Gasteiger partial charge in [-0.1, -0.05) is 23.7 Å². The third-order valence-corrected chi connectivity index (χ3v) is 4.43. The molecule has 1 aromatic heterocycles. The summed E-state index contributed by atoms with van der Waals surface area (Å²) in [5.74, 6) is 0.355. The molecule has 0 aliphatic heterocycles. The average molecular weight is 476 g/mol. The summed E-state index contributed by atoms with van der Waals surface area (Å²) in [6.07, 6.45) is -0.484. The van der Waals surface area contributed by atoms with Crippen molar-refractivity contribution in [3.05, 3.63) is 83.0 Å². The van der Waals surface area contributed by atoms with Gasteiger partial charge < -0.3 is 15.4 Å². The molecule has 2 amide bonds. The van der Waals surface area contributed by atoms with Crippen LogP contribution in [0.5, 0.6) is 11.5 Å². The highest BCUT2D eigenvalue weighted by molar-refractivity contribution is 6.31. The number of hydrogen-bond donors (Lipinski definition) is 2. The Kier molecular flexibility index (Phi) is 7.34. The first kappa shape index (κ1) is 23.8. The minimum absolute atomic E-state index is 0.0360. The molecule has 0 aliphatic rings. The summed E-state index contributed by atoms with van der Waals surface area (Å²) in [5.41, 5.74) is -0.453. The maximum atomic E-state index is 13.0. The van der Waals surface area contributed by atoms with E-state index in [0.717, 1.165) is 12.1 Å². The van der Waals surface area contributed by atoms with Crippen LogP contribution in [-0.4, -0.2) is 16.8 Å². The number of pyridine rings is 1. The van der Waals surface area contributed by atoms with E-state index in [9.17, 15) is 22.8 Å². The van der Waals surface area contributed by atoms with Gasteiger partial charge in [-0.2, -0.15) is 13.2 Å². The van der Waals surface area contributed by atoms with Crippen molar-refractivity contribution < 1.29 is 27.5 Å². The Balaban J connectivity index is 1.67. The van der Waals surface area contributed by atoms with Gasteiger partial charge in [0, 0.05) is 31.0 Å². The number of anilines is 2. The van der Waals surface area contributed by atoms with Crippen molar-refractivity contribution in [2.75, 3.05) is 10.6 Å². The van der Waals surface area contributed by atoms with E-state index in [-0.39, 0.29) is 11.6 Å². The summed E-state index contributed by atoms with van der Waals surface area (Å²) >= 11 is 5.58. The minimum atomic E-state index is -4.63. The van der Waals surface area contributed by atoms with Crippen molar-refractivity contribution >= 4 is 41.0 Å². The third kappa shape index (κ3) is 7.08. The first-order valence-electron chi connectivity index (χ1n) is 9.47. The van der Waals surface area contributed by atoms with Gasteiger partial charge in [0.05, 0.1) is 10.6 Å². The second kappa shape index (κ2) is 10.2. The van der Waals surface area contributed by atoms with Crippen molar-refractivity contribution in [2.24, 2.45) is 0 Å². The van der Waals surface area contributed by atoms with Gasteiger partial charge in [-0.15, -0.1) is 0 Å². The molecule has 0 unspecified atom stereocenters. The summed E-state index contributed by atoms with van der Waals surface area (Å²) in [4.78, 5) is 27.3. The zero-order valence-corrected chi connectivity index (χ0v) is 17.9. The fourth-order valence-electron chi connectivity index (χ4n) is 2.72. The largest absolute Gasteiger partial charge is 0.457 e. The van der Waals surface area contributed by atoms with Gasteiger partial charge in [-0.05, 0) is 48.0 Å². The number of aromatic nitrogens is 1. The van der Waals surface area contributed by atoms with Crippen molar-refractivity contribution in [1.82, 2.24) is 4.98 Å². The van der Waals surface area contributed by atoms with Crippen LogP contribution < -0.4 is 15.4 Å². The average Bonchev–Trinajstić information content (AvgIpc) is 2.73. The van der Waals surface area contributed by atoms with Crippen LogP contribution in [0.3, 0.4) is 0 Å². The molecule has 0 saturated carbocycles. The van der Waals surface area contributed by atoms with Crippen LogP contribution in [0.4, 0.5) is 24.7 Å². The van der Waals surface area contributed by atoms with Gasteiger partial charge >= 0.3 is 6.18 Å². The Morgan fingerprint density at radius 1 is 1.03 bits per heavy atom. The van der Waals surface area contributed by atoms with Gasteiger partial charge in [0.1, 0.15) is 17.3 Å². The number of ether oxygens (including phenoxy) is 1. The zero-order valence-electron chi connectivity index (χ0n) is 17.1. The van der Waals surface area contributed by atoms with Gasteiger partial charge in [0.15, 0.2) is 0 Å². The second-order valence-corrected chi connectivity index (χ2v) is 7.15. The Hall–Kier alpha value is -3.85. The lowest BCUT2D eigenvalue weighted by atomic mass is 10.2. The summed E-state index contributed by atoms with van der Waals surface area (Å²) in [5, 5.41) is 4.47. The van der Waals surface area contributed by atoms with Crippen molar-refractivity contribution in [3.8, 4) is 11.5 Å². The first-order chi connectivity index (χ1) is 15.6. The van der Waals surface area contributed by atoms with E-state index in [0.29, 0.717) is 22.9 Å². The number of benzene rings is 2.